The molecule has 0 aliphatic carbocycles. The number of esters is 1. The number of carbonyl (C=O) groups excluding carboxylic acids is 2. The summed E-state index contributed by atoms with van der Waals surface area (Å²) in [6.45, 7) is -0.0416. The van der Waals surface area contributed by atoms with E-state index in [2.05, 4.69) is 10.1 Å². The Bertz CT molecular complexity index is 784. The fourth-order valence-electron chi connectivity index (χ4n) is 2.18. The van der Waals surface area contributed by atoms with Crippen LogP contribution in [0.4, 0.5) is 18.0 Å². The van der Waals surface area contributed by atoms with Crippen LogP contribution in [0, 0.1) is 17.5 Å². The topological polar surface area (TPSA) is 64.6 Å². The van der Waals surface area contributed by atoms with Crippen molar-refractivity contribution >= 4 is 12.1 Å². The zero-order valence-corrected chi connectivity index (χ0v) is 13.8. The molecule has 8 heteroatoms. The molecule has 0 saturated carbocycles. The lowest BCUT2D eigenvalue weighted by molar-refractivity contribution is -0.143. The molecule has 0 radical (unpaired) electrons. The molecule has 0 bridgehead atoms. The van der Waals surface area contributed by atoms with Gasteiger partial charge in [0.15, 0.2) is 11.6 Å². The molecule has 0 aromatic heterocycles. The van der Waals surface area contributed by atoms with E-state index >= 15 is 0 Å². The van der Waals surface area contributed by atoms with Crippen molar-refractivity contribution in [2.45, 2.75) is 19.1 Å². The van der Waals surface area contributed by atoms with Crippen molar-refractivity contribution in [3.8, 4) is 0 Å². The number of hydrogen-bond donors (Lipinski definition) is 1. The van der Waals surface area contributed by atoms with E-state index in [1.165, 1.54) is 0 Å². The molecule has 26 heavy (non-hydrogen) atoms. The average Bonchev–Trinajstić information content (AvgIpc) is 2.64. The summed E-state index contributed by atoms with van der Waals surface area (Å²) >= 11 is 0. The molecule has 2 aromatic rings. The van der Waals surface area contributed by atoms with E-state index < -0.39 is 42.0 Å². The number of ether oxygens (including phenoxy) is 2. The van der Waals surface area contributed by atoms with E-state index in [1.54, 1.807) is 30.3 Å². The third-order valence-corrected chi connectivity index (χ3v) is 3.50. The van der Waals surface area contributed by atoms with Gasteiger partial charge in [-0.05, 0) is 17.2 Å². The number of rotatable bonds is 6. The van der Waals surface area contributed by atoms with Crippen LogP contribution in [0.1, 0.15) is 11.1 Å². The fourth-order valence-corrected chi connectivity index (χ4v) is 2.18. The minimum atomic E-state index is -1.35. The standard InChI is InChI=1S/C18H16F3NO4/c1-25-17(23)16(8-12-7-14(20)15(21)9-13(12)19)22-18(24)26-10-11-5-3-2-4-6-11/h2-7,9,16H,8,10H2,1H3,(H,22,24)/t16-/m1/s1. The fraction of sp³-hybridized carbons (Fsp3) is 0.222. The third-order valence-electron chi connectivity index (χ3n) is 3.50. The van der Waals surface area contributed by atoms with E-state index in [4.69, 9.17) is 4.74 Å². The highest BCUT2D eigenvalue weighted by atomic mass is 19.2. The Labute approximate surface area is 147 Å². The predicted molar refractivity (Wildman–Crippen MR) is 85.6 cm³/mol. The van der Waals surface area contributed by atoms with Gasteiger partial charge in [-0.1, -0.05) is 30.3 Å². The van der Waals surface area contributed by atoms with Crippen LogP contribution < -0.4 is 5.32 Å². The van der Waals surface area contributed by atoms with Crippen LogP contribution in [0.25, 0.3) is 0 Å². The molecule has 1 N–H and O–H groups in total. The first kappa shape index (κ1) is 19.3. The smallest absolute Gasteiger partial charge is 0.408 e. The number of carbonyl (C=O) groups is 2. The van der Waals surface area contributed by atoms with Crippen LogP contribution >= 0.6 is 0 Å². The summed E-state index contributed by atoms with van der Waals surface area (Å²) in [6, 6.07) is 8.46. The van der Waals surface area contributed by atoms with Crippen molar-refractivity contribution in [2.24, 2.45) is 0 Å². The molecule has 0 aliphatic rings. The number of nitrogens with one attached hydrogen (secondary N) is 1. The molecule has 0 unspecified atom stereocenters. The minimum Gasteiger partial charge on any atom is -0.467 e. The van der Waals surface area contributed by atoms with Gasteiger partial charge in [0.25, 0.3) is 0 Å². The van der Waals surface area contributed by atoms with Gasteiger partial charge >= 0.3 is 12.1 Å². The summed E-state index contributed by atoms with van der Waals surface area (Å²) in [4.78, 5) is 23.7. The molecule has 2 rings (SSSR count). The quantitative estimate of drug-likeness (QED) is 0.629. The van der Waals surface area contributed by atoms with Crippen molar-refractivity contribution in [1.82, 2.24) is 5.32 Å². The second kappa shape index (κ2) is 8.89. The molecule has 0 fully saturated rings. The molecule has 0 aliphatic heterocycles. The van der Waals surface area contributed by atoms with E-state index in [1.807, 2.05) is 0 Å². The van der Waals surface area contributed by atoms with Gasteiger partial charge in [0.2, 0.25) is 0 Å². The van der Waals surface area contributed by atoms with Crippen LogP contribution in [-0.2, 0) is 27.3 Å². The van der Waals surface area contributed by atoms with Crippen LogP contribution in [0.2, 0.25) is 0 Å². The number of benzene rings is 2. The predicted octanol–water partition coefficient (Wildman–Crippen LogP) is 3.11. The molecular formula is C18H16F3NO4. The first-order valence-electron chi connectivity index (χ1n) is 7.59. The van der Waals surface area contributed by atoms with Gasteiger partial charge in [0.05, 0.1) is 7.11 Å². The van der Waals surface area contributed by atoms with Crippen molar-refractivity contribution in [3.05, 3.63) is 71.0 Å². The maximum atomic E-state index is 13.8. The first-order chi connectivity index (χ1) is 12.4. The molecule has 0 heterocycles. The van der Waals surface area contributed by atoms with Gasteiger partial charge in [-0.3, -0.25) is 0 Å². The Morgan fingerprint density at radius 1 is 1.04 bits per heavy atom. The van der Waals surface area contributed by atoms with Gasteiger partial charge in [-0.2, -0.15) is 0 Å². The first-order valence-corrected chi connectivity index (χ1v) is 7.59. The summed E-state index contributed by atoms with van der Waals surface area (Å²) in [5.74, 6) is -4.55. The maximum Gasteiger partial charge on any atom is 0.408 e. The zero-order chi connectivity index (χ0) is 19.1. The number of halogens is 3. The number of alkyl carbamates (subject to hydrolysis) is 1. The normalized spacial score (nSPS) is 11.5. The summed E-state index contributed by atoms with van der Waals surface area (Å²) in [5.41, 5.74) is 0.437. The maximum absolute atomic E-state index is 13.8. The zero-order valence-electron chi connectivity index (χ0n) is 13.8. The lowest BCUT2D eigenvalue weighted by atomic mass is 10.0. The van der Waals surface area contributed by atoms with E-state index in [0.29, 0.717) is 12.1 Å². The van der Waals surface area contributed by atoms with Crippen molar-refractivity contribution in [3.63, 3.8) is 0 Å². The summed E-state index contributed by atoms with van der Waals surface area (Å²) in [7, 11) is 1.08. The number of methoxy groups -OCH3 is 1. The Hall–Kier alpha value is -3.03. The molecule has 1 amide bonds. The van der Waals surface area contributed by atoms with Crippen molar-refractivity contribution in [1.29, 1.82) is 0 Å². The van der Waals surface area contributed by atoms with Gasteiger partial charge in [0, 0.05) is 12.5 Å². The van der Waals surface area contributed by atoms with Crippen molar-refractivity contribution in [2.75, 3.05) is 7.11 Å². The highest BCUT2D eigenvalue weighted by Crippen LogP contribution is 2.16. The van der Waals surface area contributed by atoms with Crippen LogP contribution in [0.3, 0.4) is 0 Å². The van der Waals surface area contributed by atoms with Crippen LogP contribution in [-0.4, -0.2) is 25.2 Å². The lowest BCUT2D eigenvalue weighted by Gasteiger charge is -2.17. The second-order valence-electron chi connectivity index (χ2n) is 5.34. The summed E-state index contributed by atoms with van der Waals surface area (Å²) < 4.78 is 49.6. The third kappa shape index (κ3) is 5.23. The highest BCUT2D eigenvalue weighted by molar-refractivity contribution is 5.81. The summed E-state index contributed by atoms with van der Waals surface area (Å²) in [6.07, 6.45) is -1.37. The van der Waals surface area contributed by atoms with Crippen LogP contribution in [0.5, 0.6) is 0 Å². The number of hydrogen-bond acceptors (Lipinski definition) is 4. The molecule has 138 valence electrons. The molecule has 0 spiro atoms. The van der Waals surface area contributed by atoms with Gasteiger partial charge in [-0.25, -0.2) is 22.8 Å². The average molecular weight is 367 g/mol. The van der Waals surface area contributed by atoms with Gasteiger partial charge in [-0.15, -0.1) is 0 Å². The van der Waals surface area contributed by atoms with Gasteiger partial charge < -0.3 is 14.8 Å². The second-order valence-corrected chi connectivity index (χ2v) is 5.34. The largest absolute Gasteiger partial charge is 0.467 e. The Morgan fingerprint density at radius 3 is 2.35 bits per heavy atom. The Morgan fingerprint density at radius 2 is 1.69 bits per heavy atom. The molecular weight excluding hydrogens is 351 g/mol. The molecule has 1 atom stereocenters. The Kier molecular flexibility index (Phi) is 6.60. The SMILES string of the molecule is COC(=O)[C@@H](Cc1cc(F)c(F)cc1F)NC(=O)OCc1ccccc1. The van der Waals surface area contributed by atoms with Crippen LogP contribution in [0.15, 0.2) is 42.5 Å². The highest BCUT2D eigenvalue weighted by Gasteiger charge is 2.25. The molecule has 0 saturated heterocycles. The summed E-state index contributed by atoms with van der Waals surface area (Å²) in [5, 5.41) is 2.23. The molecule has 5 nitrogen and oxygen atoms in total. The van der Waals surface area contributed by atoms with E-state index in [-0.39, 0.29) is 12.2 Å². The van der Waals surface area contributed by atoms with E-state index in [9.17, 15) is 22.8 Å². The monoisotopic (exact) mass is 367 g/mol. The van der Waals surface area contributed by atoms with Crippen molar-refractivity contribution < 1.29 is 32.2 Å². The minimum absolute atomic E-state index is 0.0416. The number of amides is 1. The Balaban J connectivity index is 2.04. The van der Waals surface area contributed by atoms with E-state index in [0.717, 1.165) is 12.7 Å². The lowest BCUT2D eigenvalue weighted by Crippen LogP contribution is -2.43. The van der Waals surface area contributed by atoms with Gasteiger partial charge in [0.1, 0.15) is 18.5 Å². The molecule has 2 aromatic carbocycles.